The first-order valence-electron chi connectivity index (χ1n) is 9.81. The van der Waals surface area contributed by atoms with E-state index >= 15 is 0 Å². The summed E-state index contributed by atoms with van der Waals surface area (Å²) in [6, 6.07) is 19.9. The van der Waals surface area contributed by atoms with Crippen LogP contribution in [0.15, 0.2) is 54.6 Å². The zero-order valence-corrected chi connectivity index (χ0v) is 16.5. The van der Waals surface area contributed by atoms with Gasteiger partial charge in [0.25, 0.3) is 0 Å². The molecule has 136 valence electrons. The molecule has 0 aliphatic heterocycles. The fraction of sp³-hybridized carbons (Fsp3) is 0.417. The Bertz CT molecular complexity index is 858. The van der Waals surface area contributed by atoms with Gasteiger partial charge in [-0.05, 0) is 69.8 Å². The molecule has 1 aliphatic rings. The van der Waals surface area contributed by atoms with Gasteiger partial charge in [-0.3, -0.25) is 4.90 Å². The molecule has 1 aliphatic carbocycles. The van der Waals surface area contributed by atoms with Crippen LogP contribution in [0.4, 0.5) is 0 Å². The van der Waals surface area contributed by atoms with Crippen molar-refractivity contribution in [2.75, 3.05) is 14.1 Å². The minimum Gasteiger partial charge on any atom is -0.347 e. The Morgan fingerprint density at radius 2 is 1.54 bits per heavy atom. The molecule has 0 N–H and O–H groups in total. The minimum atomic E-state index is 0.177. The van der Waals surface area contributed by atoms with Crippen molar-refractivity contribution in [2.24, 2.45) is 7.05 Å². The lowest BCUT2D eigenvalue weighted by molar-refractivity contribution is 0.0899. The van der Waals surface area contributed by atoms with E-state index in [1.807, 2.05) is 0 Å². The van der Waals surface area contributed by atoms with Crippen LogP contribution < -0.4 is 0 Å². The Morgan fingerprint density at radius 1 is 0.923 bits per heavy atom. The van der Waals surface area contributed by atoms with Gasteiger partial charge >= 0.3 is 0 Å². The number of para-hydroxylation sites is 1. The summed E-state index contributed by atoms with van der Waals surface area (Å²) >= 11 is 0. The number of hydrogen-bond donors (Lipinski definition) is 0. The second-order valence-electron chi connectivity index (χ2n) is 8.15. The number of benzene rings is 2. The van der Waals surface area contributed by atoms with Crippen molar-refractivity contribution in [1.82, 2.24) is 9.47 Å². The molecule has 2 nitrogen and oxygen atoms in total. The third-order valence-corrected chi connectivity index (χ3v) is 6.78. The summed E-state index contributed by atoms with van der Waals surface area (Å²) < 4.78 is 2.44. The summed E-state index contributed by atoms with van der Waals surface area (Å²) in [5, 5.41) is 1.41. The highest BCUT2D eigenvalue weighted by molar-refractivity contribution is 5.85. The summed E-state index contributed by atoms with van der Waals surface area (Å²) in [6.45, 7) is 2.31. The number of fused-ring (bicyclic) bond motifs is 1. The number of nitrogens with zero attached hydrogens (tertiary/aromatic N) is 2. The predicted molar refractivity (Wildman–Crippen MR) is 111 cm³/mol. The van der Waals surface area contributed by atoms with Crippen molar-refractivity contribution in [1.29, 1.82) is 0 Å². The van der Waals surface area contributed by atoms with Gasteiger partial charge in [-0.15, -0.1) is 0 Å². The van der Waals surface area contributed by atoms with E-state index in [2.05, 4.69) is 92.1 Å². The van der Waals surface area contributed by atoms with Crippen LogP contribution in [0.25, 0.3) is 10.9 Å². The molecule has 0 amide bonds. The minimum absolute atomic E-state index is 0.177. The molecule has 1 saturated carbocycles. The van der Waals surface area contributed by atoms with Crippen LogP contribution in [0.1, 0.15) is 48.4 Å². The Balaban J connectivity index is 1.66. The fourth-order valence-electron chi connectivity index (χ4n) is 5.29. The summed E-state index contributed by atoms with van der Waals surface area (Å²) in [7, 11) is 6.74. The lowest BCUT2D eigenvalue weighted by Gasteiger charge is -2.46. The van der Waals surface area contributed by atoms with E-state index in [-0.39, 0.29) is 5.54 Å². The van der Waals surface area contributed by atoms with Crippen molar-refractivity contribution >= 4 is 10.9 Å². The standard InChI is InChI=1S/C24H30N2/c1-18-21-12-8-9-13-22(21)26(4)23(18)19-14-16-24(17-15-19,25(2)3)20-10-6-5-7-11-20/h5-13,19H,14-17H2,1-4H3. The summed E-state index contributed by atoms with van der Waals surface area (Å²) in [5.41, 5.74) is 6.04. The van der Waals surface area contributed by atoms with E-state index in [1.165, 1.54) is 47.7 Å². The van der Waals surface area contributed by atoms with Crippen LogP contribution >= 0.6 is 0 Å². The van der Waals surface area contributed by atoms with E-state index in [0.717, 1.165) is 0 Å². The van der Waals surface area contributed by atoms with E-state index < -0.39 is 0 Å². The molecule has 2 heteroatoms. The average Bonchev–Trinajstić information content (AvgIpc) is 2.93. The highest BCUT2D eigenvalue weighted by Crippen LogP contribution is 2.47. The van der Waals surface area contributed by atoms with Crippen molar-refractivity contribution in [3.63, 3.8) is 0 Å². The molecule has 0 atom stereocenters. The molecule has 0 spiro atoms. The van der Waals surface area contributed by atoms with E-state index in [1.54, 1.807) is 5.69 Å². The third-order valence-electron chi connectivity index (χ3n) is 6.78. The Kier molecular flexibility index (Phi) is 4.40. The van der Waals surface area contributed by atoms with Gasteiger partial charge in [0, 0.05) is 29.2 Å². The Morgan fingerprint density at radius 3 is 2.15 bits per heavy atom. The maximum atomic E-state index is 2.45. The number of aryl methyl sites for hydroxylation is 2. The highest BCUT2D eigenvalue weighted by atomic mass is 15.1. The van der Waals surface area contributed by atoms with Crippen molar-refractivity contribution in [2.45, 2.75) is 44.1 Å². The molecule has 0 saturated heterocycles. The normalized spacial score (nSPS) is 23.7. The zero-order chi connectivity index (χ0) is 18.3. The van der Waals surface area contributed by atoms with E-state index in [9.17, 15) is 0 Å². The molecule has 1 heterocycles. The van der Waals surface area contributed by atoms with Gasteiger partial charge in [0.1, 0.15) is 0 Å². The van der Waals surface area contributed by atoms with Gasteiger partial charge in [0.05, 0.1) is 0 Å². The van der Waals surface area contributed by atoms with Crippen LogP contribution in [0, 0.1) is 6.92 Å². The molecule has 2 aromatic carbocycles. The van der Waals surface area contributed by atoms with Gasteiger partial charge in [0.15, 0.2) is 0 Å². The second-order valence-corrected chi connectivity index (χ2v) is 8.15. The van der Waals surface area contributed by atoms with E-state index in [4.69, 9.17) is 0 Å². The van der Waals surface area contributed by atoms with Crippen LogP contribution in [0.5, 0.6) is 0 Å². The number of rotatable bonds is 3. The molecule has 0 bridgehead atoms. The summed E-state index contributed by atoms with van der Waals surface area (Å²) in [6.07, 6.45) is 4.93. The molecule has 0 radical (unpaired) electrons. The van der Waals surface area contributed by atoms with Crippen LogP contribution in [-0.2, 0) is 12.6 Å². The number of aromatic nitrogens is 1. The predicted octanol–water partition coefficient (Wildman–Crippen LogP) is 5.60. The zero-order valence-electron chi connectivity index (χ0n) is 16.5. The quantitative estimate of drug-likeness (QED) is 0.599. The molecule has 26 heavy (non-hydrogen) atoms. The lowest BCUT2D eigenvalue weighted by atomic mass is 9.71. The molecule has 4 rings (SSSR count). The molecule has 0 unspecified atom stereocenters. The van der Waals surface area contributed by atoms with Gasteiger partial charge in [-0.25, -0.2) is 0 Å². The summed E-state index contributed by atoms with van der Waals surface area (Å²) in [5.74, 6) is 0.657. The maximum absolute atomic E-state index is 2.45. The lowest BCUT2D eigenvalue weighted by Crippen LogP contribution is -2.44. The smallest absolute Gasteiger partial charge is 0.0482 e. The summed E-state index contributed by atoms with van der Waals surface area (Å²) in [4.78, 5) is 2.45. The fourth-order valence-corrected chi connectivity index (χ4v) is 5.29. The Labute approximate surface area is 157 Å². The third kappa shape index (κ3) is 2.59. The van der Waals surface area contributed by atoms with Crippen LogP contribution in [-0.4, -0.2) is 23.6 Å². The van der Waals surface area contributed by atoms with Crippen LogP contribution in [0.2, 0.25) is 0 Å². The molecule has 3 aromatic rings. The Hall–Kier alpha value is -2.06. The van der Waals surface area contributed by atoms with Gasteiger partial charge in [-0.2, -0.15) is 0 Å². The SMILES string of the molecule is Cc1c(C2CCC(c3ccccc3)(N(C)C)CC2)n(C)c2ccccc12. The highest BCUT2D eigenvalue weighted by Gasteiger charge is 2.39. The molecule has 1 fully saturated rings. The number of hydrogen-bond acceptors (Lipinski definition) is 1. The van der Waals surface area contributed by atoms with Crippen molar-refractivity contribution < 1.29 is 0 Å². The second kappa shape index (κ2) is 6.59. The first-order valence-corrected chi connectivity index (χ1v) is 9.81. The topological polar surface area (TPSA) is 8.17 Å². The average molecular weight is 347 g/mol. The first-order chi connectivity index (χ1) is 12.5. The van der Waals surface area contributed by atoms with Crippen LogP contribution in [0.3, 0.4) is 0 Å². The van der Waals surface area contributed by atoms with Crippen molar-refractivity contribution in [3.05, 3.63) is 71.4 Å². The van der Waals surface area contributed by atoms with E-state index in [0.29, 0.717) is 5.92 Å². The largest absolute Gasteiger partial charge is 0.347 e. The van der Waals surface area contributed by atoms with Crippen molar-refractivity contribution in [3.8, 4) is 0 Å². The van der Waals surface area contributed by atoms with Gasteiger partial charge in [0.2, 0.25) is 0 Å². The monoisotopic (exact) mass is 346 g/mol. The van der Waals surface area contributed by atoms with Gasteiger partial charge < -0.3 is 4.57 Å². The molecular weight excluding hydrogens is 316 g/mol. The molecule has 1 aromatic heterocycles. The molecular formula is C24H30N2. The first kappa shape index (κ1) is 17.4. The maximum Gasteiger partial charge on any atom is 0.0482 e. The van der Waals surface area contributed by atoms with Gasteiger partial charge in [-0.1, -0.05) is 48.5 Å².